The molecule has 0 aliphatic carbocycles. The van der Waals surface area contributed by atoms with Crippen molar-refractivity contribution in [1.29, 1.82) is 0 Å². The molecule has 1 aliphatic rings. The highest BCUT2D eigenvalue weighted by Crippen LogP contribution is 2.18. The van der Waals surface area contributed by atoms with Crippen LogP contribution in [-0.2, 0) is 0 Å². The Balaban J connectivity index is 1.39. The van der Waals surface area contributed by atoms with Crippen LogP contribution in [0.15, 0.2) is 97.6 Å². The van der Waals surface area contributed by atoms with Gasteiger partial charge in [0.05, 0.1) is 0 Å². The van der Waals surface area contributed by atoms with Crippen LogP contribution in [-0.4, -0.2) is 72.3 Å². The molecule has 0 aromatic carbocycles. The molecule has 1 aliphatic heterocycles. The van der Waals surface area contributed by atoms with E-state index in [0.29, 0.717) is 0 Å². The minimum absolute atomic E-state index is 0.876. The van der Waals surface area contributed by atoms with E-state index in [0.717, 1.165) is 94.9 Å². The van der Waals surface area contributed by atoms with Crippen LogP contribution in [0.4, 0.5) is 23.3 Å². The van der Waals surface area contributed by atoms with Crippen molar-refractivity contribution >= 4 is 23.3 Å². The fourth-order valence-corrected chi connectivity index (χ4v) is 5.13. The van der Waals surface area contributed by atoms with E-state index in [9.17, 15) is 0 Å². The van der Waals surface area contributed by atoms with Crippen molar-refractivity contribution < 1.29 is 0 Å². The first-order valence-electron chi connectivity index (χ1n) is 14.0. The molecular weight excluding hydrogens is 484 g/mol. The molecule has 4 aromatic rings. The Hall–Kier alpha value is -4.20. The molecule has 8 heteroatoms. The fourth-order valence-electron chi connectivity index (χ4n) is 5.13. The van der Waals surface area contributed by atoms with Gasteiger partial charge in [-0.3, -0.25) is 0 Å². The summed E-state index contributed by atoms with van der Waals surface area (Å²) in [5.74, 6) is 4.12. The van der Waals surface area contributed by atoms with Crippen molar-refractivity contribution in [3.63, 3.8) is 0 Å². The van der Waals surface area contributed by atoms with Gasteiger partial charge < -0.3 is 19.6 Å². The lowest BCUT2D eigenvalue weighted by atomic mass is 10.2. The van der Waals surface area contributed by atoms with Gasteiger partial charge in [0, 0.05) is 77.1 Å². The van der Waals surface area contributed by atoms with E-state index in [1.807, 2.05) is 49.1 Å². The van der Waals surface area contributed by atoms with E-state index in [-0.39, 0.29) is 0 Å². The minimum Gasteiger partial charge on any atom is -0.356 e. The van der Waals surface area contributed by atoms with Gasteiger partial charge in [0.2, 0.25) is 0 Å². The third-order valence-corrected chi connectivity index (χ3v) is 7.10. The summed E-state index contributed by atoms with van der Waals surface area (Å²) in [7, 11) is 0. The van der Waals surface area contributed by atoms with Crippen LogP contribution < -0.4 is 19.6 Å². The summed E-state index contributed by atoms with van der Waals surface area (Å²) in [6.07, 6.45) is 10.6. The normalized spacial score (nSPS) is 16.4. The summed E-state index contributed by atoms with van der Waals surface area (Å²) < 4.78 is 0. The maximum atomic E-state index is 4.69. The molecule has 0 saturated carbocycles. The Bertz CT molecular complexity index is 1110. The molecule has 8 nitrogen and oxygen atoms in total. The first kappa shape index (κ1) is 26.4. The van der Waals surface area contributed by atoms with E-state index in [2.05, 4.69) is 88.1 Å². The molecular formula is C31H38N8. The van der Waals surface area contributed by atoms with Crippen molar-refractivity contribution in [2.45, 2.75) is 19.3 Å². The van der Waals surface area contributed by atoms with Gasteiger partial charge in [0.15, 0.2) is 0 Å². The molecule has 1 saturated heterocycles. The molecule has 0 spiro atoms. The molecule has 0 N–H and O–H groups in total. The highest BCUT2D eigenvalue weighted by Gasteiger charge is 2.17. The van der Waals surface area contributed by atoms with E-state index < -0.39 is 0 Å². The number of aromatic nitrogens is 4. The molecule has 0 amide bonds. The van der Waals surface area contributed by atoms with Crippen LogP contribution in [0.1, 0.15) is 19.3 Å². The van der Waals surface area contributed by atoms with Crippen LogP contribution in [0.5, 0.6) is 0 Å². The average Bonchev–Trinajstić information content (AvgIpc) is 3.02. The topological polar surface area (TPSA) is 64.5 Å². The largest absolute Gasteiger partial charge is 0.356 e. The van der Waals surface area contributed by atoms with Gasteiger partial charge in [-0.05, 0) is 67.8 Å². The lowest BCUT2D eigenvalue weighted by molar-refractivity contribution is 0.650. The summed E-state index contributed by atoms with van der Waals surface area (Å²) >= 11 is 0. The predicted molar refractivity (Wildman–Crippen MR) is 160 cm³/mol. The first-order chi connectivity index (χ1) is 19.4. The van der Waals surface area contributed by atoms with Crippen molar-refractivity contribution in [3.8, 4) is 0 Å². The van der Waals surface area contributed by atoms with Crippen LogP contribution in [0.25, 0.3) is 0 Å². The van der Waals surface area contributed by atoms with Gasteiger partial charge >= 0.3 is 0 Å². The molecule has 5 heterocycles. The van der Waals surface area contributed by atoms with Crippen molar-refractivity contribution in [3.05, 3.63) is 97.6 Å². The van der Waals surface area contributed by atoms with Crippen molar-refractivity contribution in [2.24, 2.45) is 0 Å². The lowest BCUT2D eigenvalue weighted by Gasteiger charge is -2.30. The van der Waals surface area contributed by atoms with Gasteiger partial charge in [-0.25, -0.2) is 19.9 Å². The van der Waals surface area contributed by atoms with E-state index in [1.165, 1.54) is 0 Å². The van der Waals surface area contributed by atoms with E-state index in [4.69, 9.17) is 0 Å². The molecule has 0 bridgehead atoms. The van der Waals surface area contributed by atoms with Gasteiger partial charge in [0.1, 0.15) is 23.3 Å². The Morgan fingerprint density at radius 2 is 0.590 bits per heavy atom. The molecule has 0 atom stereocenters. The number of pyridine rings is 4. The highest BCUT2D eigenvalue weighted by atomic mass is 15.3. The molecule has 5 rings (SSSR count). The number of hydrogen-bond acceptors (Lipinski definition) is 8. The number of nitrogens with zero attached hydrogens (tertiary/aromatic N) is 8. The Morgan fingerprint density at radius 3 is 0.821 bits per heavy atom. The Kier molecular flexibility index (Phi) is 9.54. The Labute approximate surface area is 232 Å². The maximum absolute atomic E-state index is 4.69. The van der Waals surface area contributed by atoms with Crippen molar-refractivity contribution in [1.82, 2.24) is 19.9 Å². The van der Waals surface area contributed by atoms with Gasteiger partial charge in [-0.2, -0.15) is 0 Å². The number of rotatable bonds is 4. The predicted octanol–water partition coefficient (Wildman–Crippen LogP) is 4.78. The van der Waals surface area contributed by atoms with E-state index >= 15 is 0 Å². The van der Waals surface area contributed by atoms with E-state index in [1.54, 1.807) is 0 Å². The zero-order valence-corrected chi connectivity index (χ0v) is 22.6. The summed E-state index contributed by atoms with van der Waals surface area (Å²) in [5.41, 5.74) is 0. The molecule has 1 fully saturated rings. The molecule has 0 unspecified atom stereocenters. The molecule has 202 valence electrons. The highest BCUT2D eigenvalue weighted by molar-refractivity contribution is 5.43. The first-order valence-corrected chi connectivity index (χ1v) is 14.0. The fraction of sp³-hybridized carbons (Fsp3) is 0.355. The molecule has 39 heavy (non-hydrogen) atoms. The lowest BCUT2D eigenvalue weighted by Crippen LogP contribution is -2.38. The monoisotopic (exact) mass is 522 g/mol. The summed E-state index contributed by atoms with van der Waals surface area (Å²) in [4.78, 5) is 28.4. The van der Waals surface area contributed by atoms with Crippen LogP contribution >= 0.6 is 0 Å². The second kappa shape index (κ2) is 14.1. The van der Waals surface area contributed by atoms with Crippen LogP contribution in [0.2, 0.25) is 0 Å². The smallest absolute Gasteiger partial charge is 0.128 e. The van der Waals surface area contributed by atoms with Gasteiger partial charge in [-0.15, -0.1) is 0 Å². The SMILES string of the molecule is c1ccc(N2CCCN(c3ccccn3)CCCN(c3ccccn3)CCN(c3ccccn3)CCC2)nc1. The maximum Gasteiger partial charge on any atom is 0.128 e. The summed E-state index contributed by atoms with van der Waals surface area (Å²) in [6.45, 7) is 7.38. The summed E-state index contributed by atoms with van der Waals surface area (Å²) in [6, 6.07) is 24.7. The standard InChI is InChI=1S/C31H38N8/c1-5-16-32-28(12-1)36-20-9-21-37(29-13-2-6-17-33-29)23-11-25-39(31-15-4-8-19-35-31)27-26-38(24-10-22-36)30-14-3-7-18-34-30/h1-8,12-19H,9-11,20-27H2. The van der Waals surface area contributed by atoms with Gasteiger partial charge in [-0.1, -0.05) is 24.3 Å². The number of anilines is 4. The summed E-state index contributed by atoms with van der Waals surface area (Å²) in [5, 5.41) is 0. The third kappa shape index (κ3) is 7.66. The second-order valence-electron chi connectivity index (χ2n) is 9.76. The minimum atomic E-state index is 0.876. The molecule has 4 aromatic heterocycles. The second-order valence-corrected chi connectivity index (χ2v) is 9.76. The third-order valence-electron chi connectivity index (χ3n) is 7.10. The van der Waals surface area contributed by atoms with Crippen LogP contribution in [0.3, 0.4) is 0 Å². The number of hydrogen-bond donors (Lipinski definition) is 0. The Morgan fingerprint density at radius 1 is 0.333 bits per heavy atom. The zero-order chi connectivity index (χ0) is 26.5. The van der Waals surface area contributed by atoms with Crippen molar-refractivity contribution in [2.75, 3.05) is 72.0 Å². The van der Waals surface area contributed by atoms with Crippen LogP contribution in [0, 0.1) is 0 Å². The zero-order valence-electron chi connectivity index (χ0n) is 22.6. The quantitative estimate of drug-likeness (QED) is 0.380. The average molecular weight is 523 g/mol. The molecule has 0 radical (unpaired) electrons. The van der Waals surface area contributed by atoms with Gasteiger partial charge in [0.25, 0.3) is 0 Å².